The summed E-state index contributed by atoms with van der Waals surface area (Å²) < 4.78 is 0. The molecule has 0 bridgehead atoms. The molecular weight excluding hydrogens is 1000 g/mol. The monoisotopic (exact) mass is 1080 g/mol. The van der Waals surface area contributed by atoms with Crippen molar-refractivity contribution >= 4 is 63.3 Å². The van der Waals surface area contributed by atoms with Gasteiger partial charge in [-0.05, 0) is 178 Å². The molecule has 0 unspecified atom stereocenters. The molecule has 2 heterocycles. The molecule has 3 nitrogen and oxygen atoms in total. The van der Waals surface area contributed by atoms with Crippen molar-refractivity contribution in [3.05, 3.63) is 252 Å². The minimum atomic E-state index is -0.331. The Kier molecular flexibility index (Phi) is 12.6. The predicted molar refractivity (Wildman–Crippen MR) is 358 cm³/mol. The van der Waals surface area contributed by atoms with Gasteiger partial charge in [0, 0.05) is 56.4 Å². The van der Waals surface area contributed by atoms with Crippen LogP contribution in [0.1, 0.15) is 130 Å². The van der Waals surface area contributed by atoms with E-state index in [4.69, 9.17) is 0 Å². The Morgan fingerprint density at radius 3 is 1.41 bits per heavy atom. The molecule has 0 aromatic heterocycles. The Morgan fingerprint density at radius 1 is 0.337 bits per heavy atom. The highest BCUT2D eigenvalue weighted by Crippen LogP contribution is 2.56. The van der Waals surface area contributed by atoms with Crippen molar-refractivity contribution in [1.82, 2.24) is 0 Å². The number of nitrogens with zero attached hydrogens (tertiary/aromatic N) is 3. The van der Waals surface area contributed by atoms with E-state index in [1.165, 1.54) is 106 Å². The summed E-state index contributed by atoms with van der Waals surface area (Å²) in [5, 5.41) is 0. The van der Waals surface area contributed by atoms with Crippen LogP contribution in [-0.2, 0) is 27.1 Å². The fourth-order valence-corrected chi connectivity index (χ4v) is 13.6. The summed E-state index contributed by atoms with van der Waals surface area (Å²) >= 11 is 0. The fraction of sp³-hybridized carbons (Fsp3) is 0.241. The summed E-state index contributed by atoms with van der Waals surface area (Å²) in [4.78, 5) is 7.87. The third-order valence-electron chi connectivity index (χ3n) is 18.3. The highest BCUT2D eigenvalue weighted by molar-refractivity contribution is 6.94. The van der Waals surface area contributed by atoms with Crippen molar-refractivity contribution in [3.63, 3.8) is 0 Å². The lowest BCUT2D eigenvalue weighted by Crippen LogP contribution is -2.63. The Hall–Kier alpha value is -8.34. The van der Waals surface area contributed by atoms with Gasteiger partial charge in [0.2, 0.25) is 0 Å². The second-order valence-corrected chi connectivity index (χ2v) is 28.3. The maximum atomic E-state index is 2.74. The van der Waals surface area contributed by atoms with E-state index in [9.17, 15) is 0 Å². The number of fused-ring (bicyclic) bond motifs is 8. The maximum Gasteiger partial charge on any atom is 0.333 e. The van der Waals surface area contributed by atoms with Crippen molar-refractivity contribution < 1.29 is 0 Å². The van der Waals surface area contributed by atoms with Gasteiger partial charge in [0.15, 0.2) is 0 Å². The molecular formula is C79H78BN3. The van der Waals surface area contributed by atoms with E-state index in [0.29, 0.717) is 0 Å². The highest BCUT2D eigenvalue weighted by Gasteiger charge is 2.51. The van der Waals surface area contributed by atoms with Crippen LogP contribution in [0.3, 0.4) is 0 Å². The molecule has 10 aromatic carbocycles. The molecule has 412 valence electrons. The molecule has 0 saturated carbocycles. The smallest absolute Gasteiger partial charge is 0.333 e. The van der Waals surface area contributed by atoms with Crippen LogP contribution in [0.15, 0.2) is 218 Å². The Bertz CT molecular complexity index is 4070. The number of benzene rings is 10. The van der Waals surface area contributed by atoms with Gasteiger partial charge in [-0.15, -0.1) is 0 Å². The molecule has 0 fully saturated rings. The van der Waals surface area contributed by atoms with Gasteiger partial charge in [-0.25, -0.2) is 0 Å². The van der Waals surface area contributed by atoms with E-state index in [-0.39, 0.29) is 33.9 Å². The maximum absolute atomic E-state index is 2.74. The van der Waals surface area contributed by atoms with E-state index in [0.717, 1.165) is 28.4 Å². The number of hydrogen-bond donors (Lipinski definition) is 0. The van der Waals surface area contributed by atoms with E-state index >= 15 is 0 Å². The molecule has 0 radical (unpaired) electrons. The van der Waals surface area contributed by atoms with Crippen LogP contribution in [0, 0.1) is 0 Å². The average molecular weight is 1080 g/mol. The van der Waals surface area contributed by atoms with Crippen LogP contribution in [-0.4, -0.2) is 6.85 Å². The first kappa shape index (κ1) is 53.9. The summed E-state index contributed by atoms with van der Waals surface area (Å²) in [6.45, 7) is 32.4. The molecule has 83 heavy (non-hydrogen) atoms. The fourth-order valence-electron chi connectivity index (χ4n) is 13.6. The highest BCUT2D eigenvalue weighted by atomic mass is 15.2. The Morgan fingerprint density at radius 2 is 0.831 bits per heavy atom. The van der Waals surface area contributed by atoms with Crippen LogP contribution in [0.2, 0.25) is 0 Å². The first-order valence-electron chi connectivity index (χ1n) is 30.0. The van der Waals surface area contributed by atoms with E-state index in [2.05, 4.69) is 330 Å². The lowest BCUT2D eigenvalue weighted by Gasteiger charge is -2.48. The van der Waals surface area contributed by atoms with Gasteiger partial charge in [0.05, 0.1) is 5.69 Å². The van der Waals surface area contributed by atoms with Crippen molar-refractivity contribution in [2.24, 2.45) is 0 Å². The molecule has 0 saturated heterocycles. The second kappa shape index (κ2) is 19.4. The topological polar surface area (TPSA) is 9.72 Å². The van der Waals surface area contributed by atoms with Crippen LogP contribution in [0.5, 0.6) is 0 Å². The van der Waals surface area contributed by atoms with Crippen molar-refractivity contribution in [2.45, 2.75) is 124 Å². The zero-order valence-corrected chi connectivity index (χ0v) is 51.2. The first-order chi connectivity index (χ1) is 39.5. The Balaban J connectivity index is 1.17. The van der Waals surface area contributed by atoms with Crippen LogP contribution in [0.25, 0.3) is 44.5 Å². The second-order valence-electron chi connectivity index (χ2n) is 28.3. The molecule has 0 amide bonds. The van der Waals surface area contributed by atoms with Crippen LogP contribution < -0.4 is 25.5 Å². The van der Waals surface area contributed by atoms with Gasteiger partial charge in [0.25, 0.3) is 0 Å². The largest absolute Gasteiger partial charge is 0.376 e. The quantitative estimate of drug-likeness (QED) is 0.147. The van der Waals surface area contributed by atoms with Crippen molar-refractivity contribution in [1.29, 1.82) is 0 Å². The van der Waals surface area contributed by atoms with E-state index < -0.39 is 0 Å². The number of hydrogen-bond acceptors (Lipinski definition) is 3. The zero-order valence-electron chi connectivity index (χ0n) is 51.2. The average Bonchev–Trinajstić information content (AvgIpc) is 2.55. The number of rotatable bonds is 7. The van der Waals surface area contributed by atoms with Gasteiger partial charge in [-0.2, -0.15) is 0 Å². The third kappa shape index (κ3) is 9.12. The molecule has 0 spiro atoms. The standard InChI is InChI=1S/C79H78BN3/c1-75(2,3)54-29-36-58(37-30-54)81(59-38-31-55(32-39-59)76(4,5)6)61-42-43-63-66-47-53(51-23-17-15-18-24-51)48-71-73(66)80(83(70(63)50-61)60-40-33-56(34-41-60)77(7,8)9)74-69(46-44-64-62-27-21-22-28-67(62)79(13,14)72(64)74)82(71)68-45-35-57(78(10,11)12)49-65(68)52-25-19-16-20-26-52/h15-50H,1-14H3. The van der Waals surface area contributed by atoms with Crippen molar-refractivity contribution in [2.75, 3.05) is 14.6 Å². The third-order valence-corrected chi connectivity index (χ3v) is 18.3. The molecule has 2 aliphatic heterocycles. The van der Waals surface area contributed by atoms with E-state index in [1.54, 1.807) is 0 Å². The minimum absolute atomic E-state index is 0.0123. The van der Waals surface area contributed by atoms with Gasteiger partial charge < -0.3 is 14.6 Å². The molecule has 0 N–H and O–H groups in total. The normalized spacial score (nSPS) is 14.2. The van der Waals surface area contributed by atoms with Crippen molar-refractivity contribution in [3.8, 4) is 44.5 Å². The van der Waals surface area contributed by atoms with Gasteiger partial charge in [-0.1, -0.05) is 236 Å². The molecule has 13 rings (SSSR count). The Labute approximate surface area is 495 Å². The van der Waals surface area contributed by atoms with E-state index in [1.807, 2.05) is 0 Å². The van der Waals surface area contributed by atoms with Gasteiger partial charge in [0.1, 0.15) is 0 Å². The summed E-state index contributed by atoms with van der Waals surface area (Å²) in [7, 11) is 0. The van der Waals surface area contributed by atoms with Crippen LogP contribution in [0.4, 0.5) is 45.5 Å². The van der Waals surface area contributed by atoms with Gasteiger partial charge in [-0.3, -0.25) is 0 Å². The minimum Gasteiger partial charge on any atom is -0.376 e. The lowest BCUT2D eigenvalue weighted by atomic mass is 9.41. The summed E-state index contributed by atoms with van der Waals surface area (Å²) in [5.74, 6) is 0. The molecule has 4 heteroatoms. The lowest BCUT2D eigenvalue weighted by molar-refractivity contribution is 0.590. The zero-order chi connectivity index (χ0) is 58.1. The molecule has 3 aliphatic rings. The van der Waals surface area contributed by atoms with Gasteiger partial charge >= 0.3 is 6.85 Å². The summed E-state index contributed by atoms with van der Waals surface area (Å²) in [6.07, 6.45) is 0. The van der Waals surface area contributed by atoms with Crippen LogP contribution >= 0.6 is 0 Å². The molecule has 1 aliphatic carbocycles. The molecule has 0 atom stereocenters. The summed E-state index contributed by atoms with van der Waals surface area (Å²) in [6, 6.07) is 83.9. The SMILES string of the molecule is CC(C)(C)c1ccc(N2B3c4c(cc(-c5ccccc5)cc4N(c4ccc(C(C)(C)C)cc4-c4ccccc4)c4ccc5c(c43)C(C)(C)c3ccccc3-5)-c3ccc(N(c4ccc(C(C)(C)C)cc4)c4ccc(C(C)(C)C)cc4)cc32)cc1. The first-order valence-corrected chi connectivity index (χ1v) is 30.0. The number of anilines is 8. The summed E-state index contributed by atoms with van der Waals surface area (Å²) in [5.41, 5.74) is 29.3. The predicted octanol–water partition coefficient (Wildman–Crippen LogP) is 20.7. The molecule has 10 aromatic rings.